The minimum Gasteiger partial charge on any atom is -0.338 e. The largest absolute Gasteiger partial charge is 0.338 e. The number of nitrogens with zero attached hydrogens (tertiary/aromatic N) is 2. The molecule has 1 aromatic carbocycles. The molecule has 0 aliphatic heterocycles. The lowest BCUT2D eigenvalue weighted by atomic mass is 10.1. The van der Waals surface area contributed by atoms with Crippen molar-refractivity contribution >= 4 is 0 Å². The molecule has 0 saturated carbocycles. The molecule has 19 heavy (non-hydrogen) atoms. The number of rotatable bonds is 4. The fourth-order valence-corrected chi connectivity index (χ4v) is 1.78. The topological polar surface area (TPSA) is 51.0 Å². The maximum atomic E-state index is 5.24. The molecule has 1 aromatic heterocycles. The first-order valence-electron chi connectivity index (χ1n) is 6.54. The Bertz CT molecular complexity index is 540. The normalized spacial score (nSPS) is 11.8. The highest BCUT2D eigenvalue weighted by molar-refractivity contribution is 5.24. The van der Waals surface area contributed by atoms with E-state index < -0.39 is 0 Å². The van der Waals surface area contributed by atoms with Crippen LogP contribution in [0.2, 0.25) is 0 Å². The Kier molecular flexibility index (Phi) is 4.00. The fraction of sp³-hybridized carbons (Fsp3) is 0.467. The molecule has 102 valence electrons. The van der Waals surface area contributed by atoms with Gasteiger partial charge in [0, 0.05) is 12.0 Å². The van der Waals surface area contributed by atoms with Crippen molar-refractivity contribution in [2.24, 2.45) is 0 Å². The monoisotopic (exact) mass is 259 g/mol. The van der Waals surface area contributed by atoms with Crippen LogP contribution in [0.15, 0.2) is 28.8 Å². The second-order valence-electron chi connectivity index (χ2n) is 5.87. The van der Waals surface area contributed by atoms with Crippen molar-refractivity contribution in [1.29, 1.82) is 0 Å². The Morgan fingerprint density at radius 2 is 2.05 bits per heavy atom. The molecule has 4 heteroatoms. The van der Waals surface area contributed by atoms with E-state index in [9.17, 15) is 0 Å². The highest BCUT2D eigenvalue weighted by Gasteiger charge is 2.12. The van der Waals surface area contributed by atoms with E-state index in [0.29, 0.717) is 18.9 Å². The van der Waals surface area contributed by atoms with Gasteiger partial charge in [-0.25, -0.2) is 0 Å². The lowest BCUT2D eigenvalue weighted by molar-refractivity contribution is 0.334. The summed E-state index contributed by atoms with van der Waals surface area (Å²) in [6, 6.07) is 8.35. The third-order valence-electron chi connectivity index (χ3n) is 2.72. The zero-order valence-corrected chi connectivity index (χ0v) is 12.0. The molecule has 0 fully saturated rings. The van der Waals surface area contributed by atoms with E-state index in [0.717, 1.165) is 5.82 Å². The Balaban J connectivity index is 1.97. The third-order valence-corrected chi connectivity index (χ3v) is 2.72. The zero-order valence-electron chi connectivity index (χ0n) is 12.0. The van der Waals surface area contributed by atoms with E-state index in [1.165, 1.54) is 11.1 Å². The first kappa shape index (κ1) is 13.7. The van der Waals surface area contributed by atoms with Gasteiger partial charge in [0.25, 0.3) is 0 Å². The number of hydrogen-bond acceptors (Lipinski definition) is 4. The first-order valence-corrected chi connectivity index (χ1v) is 6.54. The van der Waals surface area contributed by atoms with Gasteiger partial charge in [-0.05, 0) is 33.3 Å². The number of hydrogen-bond donors (Lipinski definition) is 1. The first-order chi connectivity index (χ1) is 8.92. The summed E-state index contributed by atoms with van der Waals surface area (Å²) in [7, 11) is 0. The molecule has 0 aliphatic rings. The van der Waals surface area contributed by atoms with E-state index in [1.54, 1.807) is 0 Å². The third kappa shape index (κ3) is 4.48. The van der Waals surface area contributed by atoms with Crippen molar-refractivity contribution < 1.29 is 4.52 Å². The highest BCUT2D eigenvalue weighted by Crippen LogP contribution is 2.09. The molecule has 0 atom stereocenters. The van der Waals surface area contributed by atoms with Gasteiger partial charge in [0.15, 0.2) is 5.82 Å². The van der Waals surface area contributed by atoms with Gasteiger partial charge < -0.3 is 9.84 Å². The summed E-state index contributed by atoms with van der Waals surface area (Å²) < 4.78 is 5.24. The molecular weight excluding hydrogens is 238 g/mol. The lowest BCUT2D eigenvalue weighted by Gasteiger charge is -2.18. The molecule has 0 bridgehead atoms. The van der Waals surface area contributed by atoms with Crippen LogP contribution in [0.25, 0.3) is 0 Å². The Hall–Kier alpha value is -1.68. The van der Waals surface area contributed by atoms with Crippen LogP contribution in [0, 0.1) is 6.92 Å². The Labute approximate surface area is 114 Å². The van der Waals surface area contributed by atoms with Crippen LogP contribution < -0.4 is 5.32 Å². The van der Waals surface area contributed by atoms with E-state index in [4.69, 9.17) is 4.52 Å². The van der Waals surface area contributed by atoms with Crippen LogP contribution in [0.3, 0.4) is 0 Å². The summed E-state index contributed by atoms with van der Waals surface area (Å²) in [6.45, 7) is 9.01. The Morgan fingerprint density at radius 1 is 1.26 bits per heavy atom. The second-order valence-corrected chi connectivity index (χ2v) is 5.87. The fourth-order valence-electron chi connectivity index (χ4n) is 1.78. The highest BCUT2D eigenvalue weighted by atomic mass is 16.5. The summed E-state index contributed by atoms with van der Waals surface area (Å²) in [5.74, 6) is 1.37. The van der Waals surface area contributed by atoms with E-state index in [-0.39, 0.29) is 5.54 Å². The predicted molar refractivity (Wildman–Crippen MR) is 74.9 cm³/mol. The standard InChI is InChI=1S/C15H21N3O/c1-11-6-5-7-12(8-11)9-13-17-14(19-18-13)10-16-15(2,3)4/h5-8,16H,9-10H2,1-4H3. The van der Waals surface area contributed by atoms with Crippen molar-refractivity contribution in [1.82, 2.24) is 15.5 Å². The number of nitrogens with one attached hydrogen (secondary N) is 1. The molecular formula is C15H21N3O. The molecule has 0 spiro atoms. The van der Waals surface area contributed by atoms with Crippen LogP contribution >= 0.6 is 0 Å². The average Bonchev–Trinajstić information content (AvgIpc) is 2.73. The van der Waals surface area contributed by atoms with Gasteiger partial charge in [-0.3, -0.25) is 0 Å². The number of benzene rings is 1. The average molecular weight is 259 g/mol. The van der Waals surface area contributed by atoms with Crippen LogP contribution in [0.5, 0.6) is 0 Å². The van der Waals surface area contributed by atoms with E-state index >= 15 is 0 Å². The lowest BCUT2D eigenvalue weighted by Crippen LogP contribution is -2.35. The number of aromatic nitrogens is 2. The van der Waals surface area contributed by atoms with Crippen molar-refractivity contribution in [2.75, 3.05) is 0 Å². The quantitative estimate of drug-likeness (QED) is 0.917. The van der Waals surface area contributed by atoms with Crippen LogP contribution in [0.4, 0.5) is 0 Å². The minimum absolute atomic E-state index is 0.0468. The van der Waals surface area contributed by atoms with Crippen LogP contribution in [-0.4, -0.2) is 15.7 Å². The van der Waals surface area contributed by atoms with Gasteiger partial charge in [0.2, 0.25) is 5.89 Å². The molecule has 2 rings (SSSR count). The SMILES string of the molecule is Cc1cccc(Cc2noc(CNC(C)(C)C)n2)c1. The summed E-state index contributed by atoms with van der Waals surface area (Å²) in [5, 5.41) is 7.34. The second kappa shape index (κ2) is 5.53. The molecule has 0 aliphatic carbocycles. The molecule has 0 unspecified atom stereocenters. The van der Waals surface area contributed by atoms with Crippen molar-refractivity contribution in [2.45, 2.75) is 46.2 Å². The smallest absolute Gasteiger partial charge is 0.240 e. The molecule has 0 saturated heterocycles. The molecule has 1 N–H and O–H groups in total. The van der Waals surface area contributed by atoms with Gasteiger partial charge >= 0.3 is 0 Å². The Morgan fingerprint density at radius 3 is 2.74 bits per heavy atom. The molecule has 1 heterocycles. The summed E-state index contributed by atoms with van der Waals surface area (Å²) in [5.41, 5.74) is 2.50. The van der Waals surface area contributed by atoms with Gasteiger partial charge in [-0.1, -0.05) is 35.0 Å². The maximum absolute atomic E-state index is 5.24. The molecule has 0 radical (unpaired) electrons. The van der Waals surface area contributed by atoms with Gasteiger partial charge in [0.05, 0.1) is 6.54 Å². The summed E-state index contributed by atoms with van der Waals surface area (Å²) >= 11 is 0. The maximum Gasteiger partial charge on any atom is 0.240 e. The van der Waals surface area contributed by atoms with Crippen molar-refractivity contribution in [3.63, 3.8) is 0 Å². The summed E-state index contributed by atoms with van der Waals surface area (Å²) in [6.07, 6.45) is 0.709. The van der Waals surface area contributed by atoms with Gasteiger partial charge in [-0.2, -0.15) is 4.98 Å². The van der Waals surface area contributed by atoms with Crippen LogP contribution in [0.1, 0.15) is 43.6 Å². The zero-order chi connectivity index (χ0) is 13.9. The molecule has 2 aromatic rings. The molecule has 0 amide bonds. The van der Waals surface area contributed by atoms with Gasteiger partial charge in [-0.15, -0.1) is 0 Å². The van der Waals surface area contributed by atoms with Crippen LogP contribution in [-0.2, 0) is 13.0 Å². The van der Waals surface area contributed by atoms with Crippen molar-refractivity contribution in [3.8, 4) is 0 Å². The number of aryl methyl sites for hydroxylation is 1. The van der Waals surface area contributed by atoms with Crippen molar-refractivity contribution in [3.05, 3.63) is 47.1 Å². The van der Waals surface area contributed by atoms with E-state index in [2.05, 4.69) is 61.4 Å². The van der Waals surface area contributed by atoms with Gasteiger partial charge in [0.1, 0.15) is 0 Å². The molecule has 4 nitrogen and oxygen atoms in total. The van der Waals surface area contributed by atoms with E-state index in [1.807, 2.05) is 6.07 Å². The predicted octanol–water partition coefficient (Wildman–Crippen LogP) is 2.86. The summed E-state index contributed by atoms with van der Waals surface area (Å²) in [4.78, 5) is 4.40. The minimum atomic E-state index is 0.0468.